The molecular formula is C120H123N9O15. The Hall–Kier alpha value is -15.9. The molecule has 7 N–H and O–H groups in total. The van der Waals surface area contributed by atoms with E-state index < -0.39 is 112 Å². The maximum absolute atomic E-state index is 14.0. The van der Waals surface area contributed by atoms with Gasteiger partial charge in [0.2, 0.25) is 46.9 Å². The number of carbonyl (C=O) groups excluding carboxylic acids is 15. The molecule has 2 aromatic heterocycles. The maximum Gasteiger partial charge on any atom is 0.315 e. The van der Waals surface area contributed by atoms with Gasteiger partial charge in [0.15, 0.2) is 34.7 Å². The Bertz CT molecular complexity index is 5880. The van der Waals surface area contributed by atoms with E-state index in [9.17, 15) is 71.9 Å². The van der Waals surface area contributed by atoms with Gasteiger partial charge in [-0.05, 0) is 224 Å². The first-order chi connectivity index (χ1) is 69.7. The monoisotopic (exact) mass is 1930 g/mol. The van der Waals surface area contributed by atoms with Crippen LogP contribution in [-0.4, -0.2) is 134 Å². The number of fused-ring (bicyclic) bond motifs is 15. The third-order valence-corrected chi connectivity index (χ3v) is 26.3. The third-order valence-electron chi connectivity index (χ3n) is 26.3. The van der Waals surface area contributed by atoms with Crippen LogP contribution in [0.3, 0.4) is 0 Å². The van der Waals surface area contributed by atoms with Crippen molar-refractivity contribution in [2.45, 2.75) is 205 Å². The Kier molecular flexibility index (Phi) is 39.3. The van der Waals surface area contributed by atoms with E-state index >= 15 is 0 Å². The SMILES string of the molecule is C[C@@H]1NC(=O)CCc2cccc(c2)-c2cncc(c2)CC[C@@H](C(=O)C[C@@H](Cc2ccccc2)C(=O)C(=O)CCc2ccccc2)NC1=O.C[C@@H]1NC(=O)CCc2ccnc(c2)-c2cccc(c2)CC[C@@H](C(=O)C[C@@H](Cc2ccccc2)C(=O)C(=O)CCc2ccccc2)NC1=O.C[C@@H]1NC(=O)NCc2cccc(c2)-c2cccc(c2)CC[C@@H](C(=O)C[C@@H](Cc2ccccc2)C(=O)C(=O)CCc2ccccc2)NC1=O. The van der Waals surface area contributed by atoms with Gasteiger partial charge in [-0.25, -0.2) is 4.79 Å². The molecule has 7 amide bonds. The summed E-state index contributed by atoms with van der Waals surface area (Å²) < 4.78 is 0. The van der Waals surface area contributed by atoms with Gasteiger partial charge in [0.25, 0.3) is 0 Å². The van der Waals surface area contributed by atoms with Crippen molar-refractivity contribution < 1.29 is 71.9 Å². The zero-order valence-corrected chi connectivity index (χ0v) is 81.5. The highest BCUT2D eigenvalue weighted by Crippen LogP contribution is 2.30. The molecule has 12 aromatic rings. The van der Waals surface area contributed by atoms with E-state index in [-0.39, 0.29) is 126 Å². The fourth-order valence-corrected chi connectivity index (χ4v) is 18.0. The number of aryl methyl sites for hydroxylation is 8. The van der Waals surface area contributed by atoms with E-state index in [0.717, 1.165) is 100 Å². The molecule has 24 heteroatoms. The summed E-state index contributed by atoms with van der Waals surface area (Å²) in [6.45, 7) is 4.99. The van der Waals surface area contributed by atoms with Crippen molar-refractivity contribution in [3.05, 3.63) is 383 Å². The molecule has 0 unspecified atom stereocenters. The molecular weight excluding hydrogens is 1810 g/mol. The summed E-state index contributed by atoms with van der Waals surface area (Å²) in [5.41, 5.74) is 16.7. The number of hydrogen-bond acceptors (Lipinski definition) is 17. The normalized spacial score (nSPS) is 17.4. The van der Waals surface area contributed by atoms with Gasteiger partial charge < -0.3 is 37.2 Å². The molecule has 0 spiro atoms. The van der Waals surface area contributed by atoms with Crippen molar-refractivity contribution in [1.29, 1.82) is 0 Å². The van der Waals surface area contributed by atoms with Crippen LogP contribution in [0, 0.1) is 17.8 Å². The Morgan fingerprint density at radius 3 is 1.00 bits per heavy atom. The van der Waals surface area contributed by atoms with Gasteiger partial charge in [-0.1, -0.05) is 267 Å². The van der Waals surface area contributed by atoms with Gasteiger partial charge >= 0.3 is 6.03 Å². The number of Topliss-reactive ketones (excluding diaryl/α,β-unsaturated/α-hetero) is 9. The second-order valence-electron chi connectivity index (χ2n) is 37.3. The fraction of sp³-hybridized carbons (Fsp3) is 0.292. The standard InChI is InChI=1S/3C40H41N3O5/c1-27-39(47)43-35(20-18-30-14-8-16-32(22-30)33-17-9-15-31(24-33)26-41-40(48)42-27)37(45)25-34(23-29-12-6-3-7-13-29)38(46)36(44)21-19-28-10-4-2-5-11-28;1-27-40(48)43-35(18-15-31-23-34(26-41-25-31)32-14-8-13-30(21-32)17-20-38(46)42-27)37(45)24-33(22-29-11-6-3-7-12-29)39(47)36(44)19-16-28-9-4-2-5-10-28;1-27-40(48)43-34(18-15-30-13-8-14-32(23-30)35-25-31(21-22-41-35)17-20-38(46)42-27)37(45)26-33(24-29-11-6-3-7-12-29)39(47)36(44)19-16-28-9-4-2-5-10-28/h2-17,22,24,27,34-35H,18-21,23,25-26H2,1H3,(H,43,47)(H2,41,42,48);2-14,21,23,25-27,33,35H,15-20,22,24H2,1H3,(H,42,46)(H,43,48);2-14,21-23,25,27,33-34H,15-20,24,26H2,1H3,(H,42,46)(H,43,48)/t27-,34+,35-;27-,33+,35-;27-,33+,34-/m000/s1. The van der Waals surface area contributed by atoms with Gasteiger partial charge in [0.1, 0.15) is 18.1 Å². The number of nitrogens with one attached hydrogen (secondary N) is 7. The average molecular weight is 1930 g/mol. The van der Waals surface area contributed by atoms with Gasteiger partial charge in [-0.15, -0.1) is 0 Å². The van der Waals surface area contributed by atoms with Crippen LogP contribution in [0.5, 0.6) is 0 Å². The van der Waals surface area contributed by atoms with Crippen LogP contribution in [0.25, 0.3) is 33.5 Å². The smallest absolute Gasteiger partial charge is 0.315 e. The van der Waals surface area contributed by atoms with Gasteiger partial charge in [0, 0.05) is 105 Å². The number of hydrogen-bond donors (Lipinski definition) is 7. The van der Waals surface area contributed by atoms with Crippen LogP contribution >= 0.6 is 0 Å². The van der Waals surface area contributed by atoms with Crippen LogP contribution in [0.4, 0.5) is 4.79 Å². The number of amides is 7. The highest BCUT2D eigenvalue weighted by molar-refractivity contribution is 6.39. The molecule has 12 bridgehead atoms. The lowest BCUT2D eigenvalue weighted by Gasteiger charge is -2.23. The second kappa shape index (κ2) is 53.7. The van der Waals surface area contributed by atoms with E-state index in [1.165, 1.54) is 0 Å². The van der Waals surface area contributed by atoms with Crippen molar-refractivity contribution in [2.75, 3.05) is 0 Å². The molecule has 0 saturated carbocycles. The molecule has 0 saturated heterocycles. The van der Waals surface area contributed by atoms with Gasteiger partial charge in [-0.3, -0.25) is 77.1 Å². The molecule has 0 radical (unpaired) electrons. The maximum atomic E-state index is 14.0. The Balaban J connectivity index is 0.000000181. The number of ketones is 9. The highest BCUT2D eigenvalue weighted by Gasteiger charge is 2.37. The van der Waals surface area contributed by atoms with Crippen LogP contribution < -0.4 is 37.2 Å². The number of carbonyl (C=O) groups is 15. The van der Waals surface area contributed by atoms with Crippen LogP contribution in [-0.2, 0) is 144 Å². The molecule has 10 aromatic carbocycles. The summed E-state index contributed by atoms with van der Waals surface area (Å²) in [5.74, 6) is -8.98. The van der Waals surface area contributed by atoms with E-state index in [1.54, 1.807) is 39.4 Å². The van der Waals surface area contributed by atoms with Crippen molar-refractivity contribution in [3.8, 4) is 33.5 Å². The molecule has 0 fully saturated rings. The quantitative estimate of drug-likeness (QED) is 0.0206. The summed E-state index contributed by atoms with van der Waals surface area (Å²) in [6.07, 6.45) is 10.3. The molecule has 738 valence electrons. The first-order valence-electron chi connectivity index (χ1n) is 49.6. The lowest BCUT2D eigenvalue weighted by atomic mass is 9.85. The van der Waals surface area contributed by atoms with Crippen molar-refractivity contribution >= 4 is 87.6 Å². The number of benzene rings is 10. The predicted molar refractivity (Wildman–Crippen MR) is 553 cm³/mol. The van der Waals surface area contributed by atoms with Gasteiger partial charge in [-0.2, -0.15) is 0 Å². The summed E-state index contributed by atoms with van der Waals surface area (Å²) in [5, 5.41) is 19.5. The zero-order chi connectivity index (χ0) is 102. The molecule has 0 aliphatic carbocycles. The summed E-state index contributed by atoms with van der Waals surface area (Å²) in [4.78, 5) is 210. The first-order valence-corrected chi connectivity index (χ1v) is 49.6. The largest absolute Gasteiger partial charge is 0.345 e. The van der Waals surface area contributed by atoms with Crippen LogP contribution in [0.1, 0.15) is 158 Å². The number of pyridine rings is 2. The zero-order valence-electron chi connectivity index (χ0n) is 81.5. The fourth-order valence-electron chi connectivity index (χ4n) is 18.0. The van der Waals surface area contributed by atoms with Gasteiger partial charge in [0.05, 0.1) is 23.8 Å². The lowest BCUT2D eigenvalue weighted by Crippen LogP contribution is -2.52. The molecule has 9 atom stereocenters. The van der Waals surface area contributed by atoms with Crippen molar-refractivity contribution in [2.24, 2.45) is 17.8 Å². The molecule has 3 aliphatic rings. The average Bonchev–Trinajstić information content (AvgIpc) is 0.832. The minimum Gasteiger partial charge on any atom is -0.345 e. The minimum atomic E-state index is -0.942. The highest BCUT2D eigenvalue weighted by atomic mass is 16.2. The topological polar surface area (TPSA) is 366 Å². The van der Waals surface area contributed by atoms with E-state index in [4.69, 9.17) is 0 Å². The van der Waals surface area contributed by atoms with Crippen molar-refractivity contribution in [1.82, 2.24) is 47.2 Å². The number of nitrogens with zero attached hydrogens (tertiary/aromatic N) is 2. The minimum absolute atomic E-state index is 0.0476. The van der Waals surface area contributed by atoms with Crippen LogP contribution in [0.2, 0.25) is 0 Å². The summed E-state index contributed by atoms with van der Waals surface area (Å²) in [6, 6.07) is 88.0. The Morgan fingerprint density at radius 2 is 0.611 bits per heavy atom. The number of rotatable bonds is 30. The molecule has 15 rings (SSSR count). The molecule has 24 nitrogen and oxygen atoms in total. The van der Waals surface area contributed by atoms with Crippen molar-refractivity contribution in [3.63, 3.8) is 0 Å². The van der Waals surface area contributed by atoms with Crippen LogP contribution in [0.15, 0.2) is 316 Å². The third kappa shape index (κ3) is 32.9. The molecule has 144 heavy (non-hydrogen) atoms. The summed E-state index contributed by atoms with van der Waals surface area (Å²) >= 11 is 0. The Morgan fingerprint density at radius 1 is 0.299 bits per heavy atom. The molecule has 5 heterocycles. The first kappa shape index (κ1) is 105. The predicted octanol–water partition coefficient (Wildman–Crippen LogP) is 16.0. The van der Waals surface area contributed by atoms with E-state index in [2.05, 4.69) is 53.3 Å². The number of urea groups is 1. The Labute approximate surface area is 840 Å². The lowest BCUT2D eigenvalue weighted by molar-refractivity contribution is -0.140. The second-order valence-corrected chi connectivity index (χ2v) is 37.3. The number of aromatic nitrogens is 2. The summed E-state index contributed by atoms with van der Waals surface area (Å²) in [7, 11) is 0. The molecule has 3 aliphatic heterocycles. The van der Waals surface area contributed by atoms with E-state index in [0.29, 0.717) is 51.4 Å². The van der Waals surface area contributed by atoms with E-state index in [1.807, 2.05) is 291 Å².